The number of anilines is 1. The van der Waals surface area contributed by atoms with Gasteiger partial charge in [-0.15, -0.1) is 0 Å². The first kappa shape index (κ1) is 16.3. The summed E-state index contributed by atoms with van der Waals surface area (Å²) >= 11 is 0. The number of hydrazone groups is 1. The Bertz CT molecular complexity index is 498. The van der Waals surface area contributed by atoms with E-state index in [1.807, 2.05) is 41.9 Å². The van der Waals surface area contributed by atoms with Crippen LogP contribution in [0.5, 0.6) is 0 Å². The lowest BCUT2D eigenvalue weighted by Gasteiger charge is -2.24. The Hall–Kier alpha value is -1.75. The van der Waals surface area contributed by atoms with Crippen LogP contribution in [0.25, 0.3) is 0 Å². The van der Waals surface area contributed by atoms with Gasteiger partial charge in [0.2, 0.25) is 0 Å². The number of ketones is 2. The number of carbonyl (C=O) groups excluding carboxylic acids is 2. The average Bonchev–Trinajstić information content (AvgIpc) is 2.35. The van der Waals surface area contributed by atoms with Crippen molar-refractivity contribution in [1.29, 1.82) is 0 Å². The maximum Gasteiger partial charge on any atom is 0.164 e. The molecule has 0 unspecified atom stereocenters. The average molecular weight is 290 g/mol. The highest BCUT2D eigenvalue weighted by atomic mass is 28.3. The minimum Gasteiger partial charge on any atom is -0.300 e. The van der Waals surface area contributed by atoms with E-state index in [2.05, 4.69) is 18.2 Å². The third kappa shape index (κ3) is 5.48. The van der Waals surface area contributed by atoms with Crippen molar-refractivity contribution >= 4 is 31.9 Å². The zero-order valence-corrected chi connectivity index (χ0v) is 13.7. The van der Waals surface area contributed by atoms with E-state index in [1.54, 1.807) is 0 Å². The molecule has 1 aromatic rings. The fraction of sp³-hybridized carbons (Fsp3) is 0.400. The van der Waals surface area contributed by atoms with Crippen LogP contribution in [0, 0.1) is 0 Å². The Labute approximate surface area is 122 Å². The second-order valence-electron chi connectivity index (χ2n) is 5.20. The highest BCUT2D eigenvalue weighted by Gasteiger charge is 2.12. The molecule has 0 aliphatic heterocycles. The van der Waals surface area contributed by atoms with Gasteiger partial charge in [0.1, 0.15) is 11.6 Å². The lowest BCUT2D eigenvalue weighted by Crippen LogP contribution is -2.30. The zero-order valence-electron chi connectivity index (χ0n) is 12.6. The van der Waals surface area contributed by atoms with Crippen LogP contribution in [0.1, 0.15) is 26.7 Å². The largest absolute Gasteiger partial charge is 0.300 e. The van der Waals surface area contributed by atoms with Gasteiger partial charge >= 0.3 is 0 Å². The second-order valence-corrected chi connectivity index (χ2v) is 7.88. The van der Waals surface area contributed by atoms with Gasteiger partial charge in [0, 0.05) is 17.8 Å². The molecule has 1 rings (SSSR count). The topological polar surface area (TPSA) is 49.7 Å². The molecule has 0 heterocycles. The van der Waals surface area contributed by atoms with Gasteiger partial charge in [0.15, 0.2) is 8.96 Å². The van der Waals surface area contributed by atoms with Crippen molar-refractivity contribution in [2.45, 2.75) is 39.8 Å². The summed E-state index contributed by atoms with van der Waals surface area (Å²) in [6, 6.07) is 9.95. The minimum absolute atomic E-state index is 0.00267. The number of rotatable bonds is 7. The van der Waals surface area contributed by atoms with Crippen LogP contribution in [0.2, 0.25) is 13.1 Å². The van der Waals surface area contributed by atoms with Crippen molar-refractivity contribution < 1.29 is 9.59 Å². The van der Waals surface area contributed by atoms with Crippen molar-refractivity contribution in [2.24, 2.45) is 5.10 Å². The molecule has 0 aliphatic rings. The molecule has 0 N–H and O–H groups in total. The molecule has 0 aromatic heterocycles. The van der Waals surface area contributed by atoms with Gasteiger partial charge in [-0.2, -0.15) is 5.10 Å². The van der Waals surface area contributed by atoms with Gasteiger partial charge in [-0.3, -0.25) is 14.3 Å². The van der Waals surface area contributed by atoms with Gasteiger partial charge in [0.25, 0.3) is 0 Å². The third-order valence-corrected chi connectivity index (χ3v) is 4.08. The summed E-state index contributed by atoms with van der Waals surface area (Å²) in [6.45, 7) is 7.63. The quantitative estimate of drug-likeness (QED) is 0.336. The molecular formula is C15H22N2O2Si. The van der Waals surface area contributed by atoms with E-state index in [1.165, 1.54) is 6.92 Å². The standard InChI is InChI=1S/C15H22N2O2Si/c1-12(10-15(19)11-13(2)18)16-17(20(3)4)14-8-6-5-7-9-14/h5-9,20H,10-11H2,1-4H3. The Morgan fingerprint density at radius 3 is 2.20 bits per heavy atom. The zero-order chi connectivity index (χ0) is 15.1. The fourth-order valence-corrected chi connectivity index (χ4v) is 3.09. The molecule has 1 aromatic carbocycles. The first-order chi connectivity index (χ1) is 9.40. The second kappa shape index (κ2) is 7.74. The Morgan fingerprint density at radius 2 is 1.70 bits per heavy atom. The van der Waals surface area contributed by atoms with Crippen LogP contribution < -0.4 is 4.67 Å². The fourth-order valence-electron chi connectivity index (χ4n) is 1.90. The molecule has 5 heteroatoms. The number of para-hydroxylation sites is 1. The van der Waals surface area contributed by atoms with E-state index in [0.717, 1.165) is 11.4 Å². The number of hydrogen-bond acceptors (Lipinski definition) is 4. The summed E-state index contributed by atoms with van der Waals surface area (Å²) in [5.41, 5.74) is 1.80. The summed E-state index contributed by atoms with van der Waals surface area (Å²) in [4.78, 5) is 22.6. The number of benzene rings is 1. The molecule has 0 atom stereocenters. The first-order valence-electron chi connectivity index (χ1n) is 6.79. The third-order valence-electron chi connectivity index (χ3n) is 2.69. The SMILES string of the molecule is CC(=O)CC(=O)CC(C)=NN(c1ccccc1)[SiH](C)C. The van der Waals surface area contributed by atoms with E-state index in [4.69, 9.17) is 0 Å². The molecule has 0 fully saturated rings. The highest BCUT2D eigenvalue weighted by Crippen LogP contribution is 2.16. The van der Waals surface area contributed by atoms with Crippen LogP contribution in [-0.2, 0) is 9.59 Å². The summed E-state index contributed by atoms with van der Waals surface area (Å²) in [5, 5.41) is 4.57. The molecule has 4 nitrogen and oxygen atoms in total. The number of carbonyl (C=O) groups is 2. The summed E-state index contributed by atoms with van der Waals surface area (Å²) in [6.07, 6.45) is 0.237. The van der Waals surface area contributed by atoms with Crippen LogP contribution in [-0.4, -0.2) is 26.2 Å². The van der Waals surface area contributed by atoms with Crippen molar-refractivity contribution in [3.63, 3.8) is 0 Å². The normalized spacial score (nSPS) is 11.6. The van der Waals surface area contributed by atoms with Crippen molar-refractivity contribution in [1.82, 2.24) is 0 Å². The molecule has 108 valence electrons. The van der Waals surface area contributed by atoms with E-state index in [9.17, 15) is 9.59 Å². The first-order valence-corrected chi connectivity index (χ1v) is 9.62. The van der Waals surface area contributed by atoms with Gasteiger partial charge in [-0.25, -0.2) is 0 Å². The predicted octanol–water partition coefficient (Wildman–Crippen LogP) is 2.79. The van der Waals surface area contributed by atoms with E-state index < -0.39 is 8.96 Å². The van der Waals surface area contributed by atoms with Gasteiger partial charge in [0.05, 0.1) is 6.42 Å². The molecule has 0 saturated carbocycles. The Morgan fingerprint density at radius 1 is 1.10 bits per heavy atom. The number of hydrogen-bond donors (Lipinski definition) is 0. The molecule has 0 spiro atoms. The molecule has 0 aliphatic carbocycles. The molecule has 20 heavy (non-hydrogen) atoms. The maximum atomic E-state index is 11.6. The molecule has 0 bridgehead atoms. The van der Waals surface area contributed by atoms with E-state index in [0.29, 0.717) is 0 Å². The summed E-state index contributed by atoms with van der Waals surface area (Å²) < 4.78 is 2.02. The summed E-state index contributed by atoms with van der Waals surface area (Å²) in [5.74, 6) is -0.168. The Balaban J connectivity index is 2.81. The molecule has 0 radical (unpaired) electrons. The van der Waals surface area contributed by atoms with Crippen molar-refractivity contribution in [3.05, 3.63) is 30.3 Å². The lowest BCUT2D eigenvalue weighted by atomic mass is 10.1. The smallest absolute Gasteiger partial charge is 0.164 e. The van der Waals surface area contributed by atoms with Crippen LogP contribution in [0.3, 0.4) is 0 Å². The van der Waals surface area contributed by atoms with Crippen LogP contribution in [0.4, 0.5) is 5.69 Å². The number of nitrogens with zero attached hydrogens (tertiary/aromatic N) is 2. The number of Topliss-reactive ketones (excluding diaryl/α,β-unsaturated/α-hetero) is 2. The van der Waals surface area contributed by atoms with Crippen molar-refractivity contribution in [2.75, 3.05) is 4.67 Å². The maximum absolute atomic E-state index is 11.6. The lowest BCUT2D eigenvalue weighted by molar-refractivity contribution is -0.125. The Kier molecular flexibility index (Phi) is 6.31. The molecule has 0 saturated heterocycles. The molecular weight excluding hydrogens is 268 g/mol. The molecule has 0 amide bonds. The van der Waals surface area contributed by atoms with E-state index >= 15 is 0 Å². The van der Waals surface area contributed by atoms with Gasteiger partial charge in [-0.1, -0.05) is 31.3 Å². The van der Waals surface area contributed by atoms with Crippen LogP contribution >= 0.6 is 0 Å². The minimum atomic E-state index is -1.17. The summed E-state index contributed by atoms with van der Waals surface area (Å²) in [7, 11) is -1.17. The van der Waals surface area contributed by atoms with E-state index in [-0.39, 0.29) is 24.4 Å². The van der Waals surface area contributed by atoms with Gasteiger partial charge in [-0.05, 0) is 26.0 Å². The van der Waals surface area contributed by atoms with Crippen molar-refractivity contribution in [3.8, 4) is 0 Å². The van der Waals surface area contributed by atoms with Crippen LogP contribution in [0.15, 0.2) is 35.4 Å². The predicted molar refractivity (Wildman–Crippen MR) is 85.8 cm³/mol. The highest BCUT2D eigenvalue weighted by molar-refractivity contribution is 6.60. The van der Waals surface area contributed by atoms with Gasteiger partial charge < -0.3 is 0 Å². The monoisotopic (exact) mass is 290 g/mol.